The number of benzene rings is 2. The van der Waals surface area contributed by atoms with Crippen LogP contribution in [0.2, 0.25) is 0 Å². The number of carbonyl (C=O) groups excluding carboxylic acids is 12. The molecular formula is C63H101N19O12S2. The second-order valence-electron chi connectivity index (χ2n) is 23.9. The molecule has 31 nitrogen and oxygen atoms in total. The Morgan fingerprint density at radius 2 is 0.969 bits per heavy atom. The van der Waals surface area contributed by atoms with Gasteiger partial charge in [-0.3, -0.25) is 67.5 Å². The molecule has 2 aromatic rings. The van der Waals surface area contributed by atoms with Gasteiger partial charge in [0.2, 0.25) is 70.9 Å². The maximum Gasteiger partial charge on any atom is 0.245 e. The molecule has 23 N–H and O–H groups in total. The average Bonchev–Trinajstić information content (AvgIpc) is 1.60. The van der Waals surface area contributed by atoms with E-state index in [0.29, 0.717) is 57.1 Å². The molecule has 1 aliphatic heterocycles. The summed E-state index contributed by atoms with van der Waals surface area (Å²) < 4.78 is 0. The Balaban J connectivity index is 1.88. The molecule has 0 bridgehead atoms. The minimum Gasteiger partial charge on any atom is -0.370 e. The van der Waals surface area contributed by atoms with Crippen molar-refractivity contribution in [3.63, 3.8) is 0 Å². The van der Waals surface area contributed by atoms with Gasteiger partial charge >= 0.3 is 0 Å². The van der Waals surface area contributed by atoms with Gasteiger partial charge in [0.15, 0.2) is 11.9 Å². The number of aliphatic imine (C=N–C) groups is 2. The molecule has 1 heterocycles. The van der Waals surface area contributed by atoms with Crippen LogP contribution in [0.25, 0.3) is 0 Å². The summed E-state index contributed by atoms with van der Waals surface area (Å²) in [5.41, 5.74) is 40.2. The molecule has 1 fully saturated rings. The van der Waals surface area contributed by atoms with Crippen molar-refractivity contribution in [2.75, 3.05) is 44.2 Å². The van der Waals surface area contributed by atoms with Crippen molar-refractivity contribution in [3.8, 4) is 0 Å². The molecule has 1 saturated heterocycles. The zero-order chi connectivity index (χ0) is 71.1. The summed E-state index contributed by atoms with van der Waals surface area (Å²) in [6.45, 7) is 4.24. The van der Waals surface area contributed by atoms with E-state index < -0.39 is 126 Å². The first kappa shape index (κ1) is 81.5. The first-order valence-electron chi connectivity index (χ1n) is 32.4. The Hall–Kier alpha value is -8.72. The van der Waals surface area contributed by atoms with E-state index in [1.807, 2.05) is 19.9 Å². The van der Waals surface area contributed by atoms with E-state index in [1.54, 1.807) is 54.6 Å². The lowest BCUT2D eigenvalue weighted by molar-refractivity contribution is -0.142. The van der Waals surface area contributed by atoms with Crippen LogP contribution in [0.4, 0.5) is 0 Å². The van der Waals surface area contributed by atoms with Gasteiger partial charge in [0.25, 0.3) is 0 Å². The topological polar surface area (TPSA) is 523 Å². The zero-order valence-electron chi connectivity index (χ0n) is 54.9. The van der Waals surface area contributed by atoms with Crippen LogP contribution < -0.4 is 88.0 Å². The smallest absolute Gasteiger partial charge is 0.245 e. The van der Waals surface area contributed by atoms with Crippen LogP contribution in [0.15, 0.2) is 70.6 Å². The summed E-state index contributed by atoms with van der Waals surface area (Å²) in [7, 11) is 0. The number of primary amides is 2. The second kappa shape index (κ2) is 44.9. The summed E-state index contributed by atoms with van der Waals surface area (Å²) in [5, 5.41) is 24.5. The Kier molecular flexibility index (Phi) is 38.1. The largest absolute Gasteiger partial charge is 0.370 e. The molecule has 2 aromatic carbocycles. The van der Waals surface area contributed by atoms with Crippen LogP contribution in [0.5, 0.6) is 0 Å². The predicted octanol–water partition coefficient (Wildman–Crippen LogP) is -3.09. The first-order valence-corrected chi connectivity index (χ1v) is 33.7. The molecule has 12 amide bonds. The Bertz CT molecular complexity index is 2920. The minimum atomic E-state index is -1.49. The number of nitrogens with two attached hydrogens (primary N) is 7. The average molecular weight is 1380 g/mol. The van der Waals surface area contributed by atoms with Gasteiger partial charge in [-0.15, -0.1) is 0 Å². The van der Waals surface area contributed by atoms with Gasteiger partial charge in [-0.1, -0.05) is 87.4 Å². The van der Waals surface area contributed by atoms with Gasteiger partial charge in [0, 0.05) is 69.9 Å². The molecule has 3 rings (SSSR count). The number of guanidine groups is 2. The van der Waals surface area contributed by atoms with Crippen LogP contribution in [-0.2, 0) is 70.4 Å². The molecule has 9 atom stereocenters. The highest BCUT2D eigenvalue weighted by atomic mass is 32.1. The molecule has 0 aromatic heterocycles. The molecular weight excluding hydrogens is 1280 g/mol. The number of nitrogens with zero attached hydrogens (tertiary/aromatic N) is 3. The van der Waals surface area contributed by atoms with Crippen molar-refractivity contribution in [1.29, 1.82) is 0 Å². The van der Waals surface area contributed by atoms with E-state index >= 15 is 0 Å². The fraction of sp³-hybridized carbons (Fsp3) is 0.587. The number of thiol groups is 2. The highest BCUT2D eigenvalue weighted by Crippen LogP contribution is 2.21. The summed E-state index contributed by atoms with van der Waals surface area (Å²) in [6.07, 6.45) is 3.08. The molecule has 532 valence electrons. The summed E-state index contributed by atoms with van der Waals surface area (Å²) >= 11 is 8.06. The number of hydrogen-bond donors (Lipinski definition) is 18. The summed E-state index contributed by atoms with van der Waals surface area (Å²) in [6, 6.07) is 6.94. The number of likely N-dealkylation sites (tertiary alicyclic amines) is 1. The molecule has 0 radical (unpaired) electrons. The lowest BCUT2D eigenvalue weighted by Gasteiger charge is -2.31. The first-order chi connectivity index (χ1) is 45.7. The number of hydrogen-bond acceptors (Lipinski definition) is 17. The van der Waals surface area contributed by atoms with Gasteiger partial charge in [-0.05, 0) is 87.7 Å². The highest BCUT2D eigenvalue weighted by molar-refractivity contribution is 7.80. The Morgan fingerprint density at radius 1 is 0.510 bits per heavy atom. The fourth-order valence-electron chi connectivity index (χ4n) is 10.3. The second-order valence-corrected chi connectivity index (χ2v) is 24.6. The quantitative estimate of drug-likeness (QED) is 0.0135. The maximum absolute atomic E-state index is 15.0. The van der Waals surface area contributed by atoms with E-state index in [0.717, 1.165) is 5.56 Å². The van der Waals surface area contributed by atoms with Crippen molar-refractivity contribution in [2.24, 2.45) is 56.0 Å². The van der Waals surface area contributed by atoms with Crippen molar-refractivity contribution in [1.82, 2.24) is 52.8 Å². The van der Waals surface area contributed by atoms with E-state index in [2.05, 4.69) is 83.1 Å². The van der Waals surface area contributed by atoms with Crippen LogP contribution in [0, 0.1) is 5.92 Å². The third kappa shape index (κ3) is 32.1. The molecule has 0 aliphatic carbocycles. The molecule has 0 spiro atoms. The van der Waals surface area contributed by atoms with Crippen molar-refractivity contribution in [3.05, 3.63) is 71.8 Å². The Labute approximate surface area is 571 Å². The van der Waals surface area contributed by atoms with Crippen molar-refractivity contribution >= 4 is 108 Å². The van der Waals surface area contributed by atoms with E-state index in [4.69, 9.17) is 40.1 Å². The summed E-state index contributed by atoms with van der Waals surface area (Å²) in [4.78, 5) is 172. The third-order valence-electron chi connectivity index (χ3n) is 15.4. The van der Waals surface area contributed by atoms with Crippen LogP contribution >= 0.6 is 25.3 Å². The van der Waals surface area contributed by atoms with Crippen LogP contribution in [0.1, 0.15) is 128 Å². The lowest BCUT2D eigenvalue weighted by Crippen LogP contribution is -2.60. The van der Waals surface area contributed by atoms with Gasteiger partial charge in [0.05, 0.1) is 12.5 Å². The van der Waals surface area contributed by atoms with E-state index in [-0.39, 0.29) is 126 Å². The molecule has 96 heavy (non-hydrogen) atoms. The van der Waals surface area contributed by atoms with Gasteiger partial charge in [0.1, 0.15) is 48.3 Å². The minimum absolute atomic E-state index is 0.0277. The maximum atomic E-state index is 15.0. The molecule has 1 aliphatic rings. The third-order valence-corrected chi connectivity index (χ3v) is 16.1. The van der Waals surface area contributed by atoms with Crippen LogP contribution in [0.3, 0.4) is 0 Å². The zero-order valence-corrected chi connectivity index (χ0v) is 56.7. The van der Waals surface area contributed by atoms with Gasteiger partial charge < -0.3 is 92.9 Å². The Morgan fingerprint density at radius 3 is 1.46 bits per heavy atom. The van der Waals surface area contributed by atoms with Gasteiger partial charge in [-0.25, -0.2) is 0 Å². The number of carbonyl (C=O) groups is 12. The van der Waals surface area contributed by atoms with E-state index in [1.165, 1.54) is 4.90 Å². The SMILES string of the molecule is CC(C)C[C@H](NC(=O)[C@H](Cc1ccccc1)NC(=O)CCCCCNC(=O)[C@@H](N)CS)C(=O)N[C@@H](Cc1ccccc1)C(=O)N[C@@H](CCCN=C(N)N)C(=O)N1CCC[C@H]1C(=O)N[C@@H](CCCN=C(N)N)C(=O)N[C@@H](CC(N)=O)C(=O)NCCCCCC(=O)N[C@@H](CS)C(N)=O. The highest BCUT2D eigenvalue weighted by Gasteiger charge is 2.40. The molecule has 33 heteroatoms. The standard InChI is InChI=1S/C63H101N19O12S2/c1-38(2)32-44(79-58(91)45(33-39-18-7-3-8-19-39)75-51(84)25-11-5-13-27-71-54(87)41(64)36-95)57(90)80-46(34-40-20-9-4-10-21-40)59(92)78-43(23-16-30-74-63(69)70)61(94)82-31-17-24-49(82)60(93)77-42(22-15-29-73-62(67)68)56(89)81-47(35-50(65)83)55(88)72-28-14-6-12-26-52(85)76-48(37-96)53(66)86/h3-4,7-10,18-21,38,41-49,95-96H,5-6,11-17,22-37,64H2,1-2H3,(H2,65,83)(H2,66,86)(H,71,87)(H,72,88)(H,75,84)(H,76,85)(H,77,93)(H,78,92)(H,79,91)(H,80,90)(H,81,89)(H4,67,68,73)(H4,69,70,74)/t41-,42-,43-,44-,45-,46-,47-,48-,49-/m0/s1. The molecule has 0 unspecified atom stereocenters. The number of rotatable bonds is 46. The lowest BCUT2D eigenvalue weighted by atomic mass is 9.99. The number of unbranched alkanes of at least 4 members (excludes halogenated alkanes) is 4. The van der Waals surface area contributed by atoms with E-state index in [9.17, 15) is 57.5 Å². The number of nitrogens with one attached hydrogen (secondary N) is 9. The van der Waals surface area contributed by atoms with Crippen molar-refractivity contribution in [2.45, 2.75) is 184 Å². The predicted molar refractivity (Wildman–Crippen MR) is 369 cm³/mol. The molecule has 0 saturated carbocycles. The van der Waals surface area contributed by atoms with Crippen LogP contribution in [-0.4, -0.2) is 186 Å². The normalized spacial score (nSPS) is 15.1. The van der Waals surface area contributed by atoms with Crippen molar-refractivity contribution < 1.29 is 57.5 Å². The monoisotopic (exact) mass is 1380 g/mol. The van der Waals surface area contributed by atoms with Gasteiger partial charge in [-0.2, -0.15) is 25.3 Å². The summed E-state index contributed by atoms with van der Waals surface area (Å²) in [5.74, 6) is -8.48. The number of amides is 12. The fourth-order valence-corrected chi connectivity index (χ4v) is 10.7.